The highest BCUT2D eigenvalue weighted by Gasteiger charge is 2.64. The van der Waals surface area contributed by atoms with Gasteiger partial charge in [0.25, 0.3) is 15.9 Å². The number of carbonyl (C=O) groups is 2. The maximum atomic E-state index is 15.3. The molecule has 0 radical (unpaired) electrons. The minimum atomic E-state index is -4.65. The number of likely N-dealkylation sites (N-methyl/N-ethyl adjacent to an activating group) is 1. The molecular formula is C31H34ClN3O8S. The molecule has 0 bridgehead atoms. The fourth-order valence-corrected chi connectivity index (χ4v) is 7.90. The second kappa shape index (κ2) is 11.9. The summed E-state index contributed by atoms with van der Waals surface area (Å²) in [6, 6.07) is 14.5. The summed E-state index contributed by atoms with van der Waals surface area (Å²) >= 11 is 6.54. The Morgan fingerprint density at radius 1 is 1.05 bits per heavy atom. The van der Waals surface area contributed by atoms with Crippen LogP contribution in [0.15, 0.2) is 65.6 Å². The lowest BCUT2D eigenvalue weighted by Gasteiger charge is -2.42. The number of hydrogen-bond acceptors (Lipinski definition) is 9. The minimum absolute atomic E-state index is 0.0256. The lowest BCUT2D eigenvalue weighted by molar-refractivity contribution is -0.138. The van der Waals surface area contributed by atoms with Gasteiger partial charge in [0.15, 0.2) is 5.54 Å². The van der Waals surface area contributed by atoms with E-state index in [1.54, 1.807) is 50.2 Å². The van der Waals surface area contributed by atoms with Crippen molar-refractivity contribution >= 4 is 39.1 Å². The van der Waals surface area contributed by atoms with Crippen LogP contribution < -0.4 is 18.5 Å². The van der Waals surface area contributed by atoms with Crippen LogP contribution >= 0.6 is 11.6 Å². The van der Waals surface area contributed by atoms with Crippen molar-refractivity contribution in [3.05, 3.63) is 76.8 Å². The molecule has 1 saturated heterocycles. The van der Waals surface area contributed by atoms with Crippen molar-refractivity contribution in [2.75, 3.05) is 45.8 Å². The number of methoxy groups -OCH3 is 2. The number of benzene rings is 3. The van der Waals surface area contributed by atoms with Gasteiger partial charge >= 0.3 is 0 Å². The summed E-state index contributed by atoms with van der Waals surface area (Å²) in [6.45, 7) is 1.93. The number of rotatable bonds is 9. The van der Waals surface area contributed by atoms with Gasteiger partial charge in [-0.1, -0.05) is 29.8 Å². The number of amides is 2. The molecule has 13 heteroatoms. The van der Waals surface area contributed by atoms with Crippen molar-refractivity contribution in [1.29, 1.82) is 0 Å². The molecule has 0 aromatic heterocycles. The molecule has 2 amide bonds. The summed E-state index contributed by atoms with van der Waals surface area (Å²) < 4.78 is 46.6. The van der Waals surface area contributed by atoms with Gasteiger partial charge in [-0.3, -0.25) is 14.5 Å². The fourth-order valence-electron chi connectivity index (χ4n) is 6.13. The Hall–Kier alpha value is -3.84. The molecule has 2 aliphatic rings. The van der Waals surface area contributed by atoms with Crippen molar-refractivity contribution in [3.8, 4) is 17.2 Å². The summed E-state index contributed by atoms with van der Waals surface area (Å²) in [6.07, 6.45) is -0.958. The van der Waals surface area contributed by atoms with E-state index in [-0.39, 0.29) is 52.4 Å². The smallest absolute Gasteiger partial charge is 0.274 e. The Morgan fingerprint density at radius 3 is 2.43 bits per heavy atom. The Bertz CT molecular complexity index is 1720. The second-order valence-corrected chi connectivity index (χ2v) is 12.9. The van der Waals surface area contributed by atoms with Crippen LogP contribution in [0.25, 0.3) is 0 Å². The molecule has 5 rings (SSSR count). The number of fused-ring (bicyclic) bond motifs is 1. The van der Waals surface area contributed by atoms with Crippen LogP contribution in [0.2, 0.25) is 5.02 Å². The van der Waals surface area contributed by atoms with Crippen molar-refractivity contribution in [2.45, 2.75) is 35.9 Å². The van der Waals surface area contributed by atoms with E-state index >= 15 is 4.79 Å². The predicted octanol–water partition coefficient (Wildman–Crippen LogP) is 3.26. The standard InChI is InChI=1S/C31H34ClN3O8S/c1-6-43-26-10-8-7-9-22(26)31(34-18-20(36)16-25(34)29(37)33(2)3)23-15-19(32)11-13-24(23)35(30(31)38)44(39,40)28-14-12-21(41-4)17-27(28)42-5/h7-15,17,20,25,36H,6,16,18H2,1-5H3/t20-,25+,31+/m1/s1. The molecule has 3 aromatic rings. The van der Waals surface area contributed by atoms with Gasteiger partial charge < -0.3 is 24.2 Å². The molecule has 3 aromatic carbocycles. The zero-order valence-electron chi connectivity index (χ0n) is 25.0. The molecule has 44 heavy (non-hydrogen) atoms. The average Bonchev–Trinajstić information content (AvgIpc) is 3.51. The summed E-state index contributed by atoms with van der Waals surface area (Å²) in [5, 5.41) is 11.2. The van der Waals surface area contributed by atoms with E-state index in [4.69, 9.17) is 25.8 Å². The van der Waals surface area contributed by atoms with Gasteiger partial charge in [0.05, 0.1) is 38.7 Å². The van der Waals surface area contributed by atoms with Crippen molar-refractivity contribution in [2.24, 2.45) is 0 Å². The Balaban J connectivity index is 1.87. The fraction of sp³-hybridized carbons (Fsp3) is 0.355. The van der Waals surface area contributed by atoms with Gasteiger partial charge in [0.2, 0.25) is 5.91 Å². The average molecular weight is 644 g/mol. The lowest BCUT2D eigenvalue weighted by atomic mass is 9.80. The number of para-hydroxylation sites is 1. The van der Waals surface area contributed by atoms with E-state index in [0.717, 1.165) is 4.31 Å². The molecule has 0 saturated carbocycles. The number of halogens is 1. The highest BCUT2D eigenvalue weighted by molar-refractivity contribution is 7.93. The molecule has 1 N–H and O–H groups in total. The summed E-state index contributed by atoms with van der Waals surface area (Å²) in [7, 11) is 1.27. The topological polar surface area (TPSA) is 126 Å². The third-order valence-electron chi connectivity index (χ3n) is 7.96. The maximum absolute atomic E-state index is 15.3. The number of sulfonamides is 1. The van der Waals surface area contributed by atoms with Gasteiger partial charge in [-0.05, 0) is 49.7 Å². The monoisotopic (exact) mass is 643 g/mol. The molecule has 234 valence electrons. The number of aliphatic hydroxyl groups is 1. The van der Waals surface area contributed by atoms with Crippen molar-refractivity contribution in [1.82, 2.24) is 9.80 Å². The van der Waals surface area contributed by atoms with E-state index in [1.807, 2.05) is 0 Å². The van der Waals surface area contributed by atoms with E-state index in [1.165, 1.54) is 55.5 Å². The van der Waals surface area contributed by atoms with Crippen LogP contribution in [0.1, 0.15) is 24.5 Å². The molecule has 0 unspecified atom stereocenters. The number of aliphatic hydroxyl groups excluding tert-OH is 1. The first kappa shape index (κ1) is 31.6. The summed E-state index contributed by atoms with van der Waals surface area (Å²) in [5.41, 5.74) is -1.36. The van der Waals surface area contributed by atoms with Gasteiger partial charge in [-0.15, -0.1) is 0 Å². The molecule has 2 heterocycles. The van der Waals surface area contributed by atoms with Gasteiger partial charge in [-0.25, -0.2) is 12.7 Å². The van der Waals surface area contributed by atoms with E-state index in [0.29, 0.717) is 17.1 Å². The van der Waals surface area contributed by atoms with Gasteiger partial charge in [0, 0.05) is 42.9 Å². The minimum Gasteiger partial charge on any atom is -0.497 e. The van der Waals surface area contributed by atoms with Crippen molar-refractivity contribution < 1.29 is 37.3 Å². The normalized spacial score (nSPS) is 21.7. The number of nitrogens with zero attached hydrogens (tertiary/aromatic N) is 3. The number of ether oxygens (including phenoxy) is 3. The number of carbonyl (C=O) groups excluding carboxylic acids is 2. The highest BCUT2D eigenvalue weighted by atomic mass is 35.5. The first-order valence-electron chi connectivity index (χ1n) is 13.9. The highest BCUT2D eigenvalue weighted by Crippen LogP contribution is 2.55. The molecule has 0 spiro atoms. The Labute approximate surface area is 261 Å². The van der Waals surface area contributed by atoms with E-state index in [9.17, 15) is 18.3 Å². The molecule has 0 aliphatic carbocycles. The number of anilines is 1. The van der Waals surface area contributed by atoms with Crippen LogP contribution in [-0.2, 0) is 25.2 Å². The van der Waals surface area contributed by atoms with Gasteiger partial charge in [-0.2, -0.15) is 0 Å². The van der Waals surface area contributed by atoms with Crippen LogP contribution in [0.3, 0.4) is 0 Å². The first-order chi connectivity index (χ1) is 20.9. The number of β-amino-alcohol motifs (C(OH)–C–C–N with tert-alkyl or cyclic N) is 1. The first-order valence-corrected chi connectivity index (χ1v) is 15.7. The molecule has 2 aliphatic heterocycles. The van der Waals surface area contributed by atoms with Crippen LogP contribution in [0, 0.1) is 0 Å². The second-order valence-electron chi connectivity index (χ2n) is 10.7. The predicted molar refractivity (Wildman–Crippen MR) is 164 cm³/mol. The third-order valence-corrected chi connectivity index (χ3v) is 9.93. The largest absolute Gasteiger partial charge is 0.497 e. The maximum Gasteiger partial charge on any atom is 0.274 e. The zero-order chi connectivity index (χ0) is 32.0. The van der Waals surface area contributed by atoms with Crippen LogP contribution in [0.4, 0.5) is 5.69 Å². The molecule has 1 fully saturated rings. The lowest BCUT2D eigenvalue weighted by Crippen LogP contribution is -2.59. The van der Waals surface area contributed by atoms with Crippen molar-refractivity contribution in [3.63, 3.8) is 0 Å². The Morgan fingerprint density at radius 2 is 1.77 bits per heavy atom. The Kier molecular flexibility index (Phi) is 8.56. The molecule has 3 atom stereocenters. The van der Waals surface area contributed by atoms with E-state index in [2.05, 4.69) is 0 Å². The summed E-state index contributed by atoms with van der Waals surface area (Å²) in [5.74, 6) is -0.600. The molecular weight excluding hydrogens is 610 g/mol. The molecule has 11 nitrogen and oxygen atoms in total. The third kappa shape index (κ3) is 4.86. The quantitative estimate of drug-likeness (QED) is 0.374. The zero-order valence-corrected chi connectivity index (χ0v) is 26.6. The number of likely N-dealkylation sites (tertiary alicyclic amines) is 1. The van der Waals surface area contributed by atoms with Crippen LogP contribution in [-0.4, -0.2) is 88.8 Å². The number of hydrogen-bond donors (Lipinski definition) is 1. The summed E-state index contributed by atoms with van der Waals surface area (Å²) in [4.78, 5) is 31.6. The van der Waals surface area contributed by atoms with Crippen LogP contribution in [0.5, 0.6) is 17.2 Å². The van der Waals surface area contributed by atoms with Gasteiger partial charge in [0.1, 0.15) is 22.1 Å². The SMILES string of the molecule is CCOc1ccccc1[C@@]1(N2C[C@H](O)C[C@H]2C(=O)N(C)C)C(=O)N(S(=O)(=O)c2ccc(OC)cc2OC)c2ccc(Cl)cc21. The van der Waals surface area contributed by atoms with E-state index < -0.39 is 33.6 Å².